The number of hydrogen-bond donors (Lipinski definition) is 1. The van der Waals surface area contributed by atoms with Crippen LogP contribution in [0, 0.1) is 5.82 Å². The van der Waals surface area contributed by atoms with Gasteiger partial charge in [-0.1, -0.05) is 36.4 Å². The Kier molecular flexibility index (Phi) is 5.91. The van der Waals surface area contributed by atoms with Crippen molar-refractivity contribution in [1.29, 1.82) is 0 Å². The van der Waals surface area contributed by atoms with Crippen LogP contribution < -0.4 is 9.47 Å². The summed E-state index contributed by atoms with van der Waals surface area (Å²) in [5, 5.41) is 9.42. The maximum absolute atomic E-state index is 13.8. The number of carboxylic acids is 1. The first-order valence-electron chi connectivity index (χ1n) is 8.34. The summed E-state index contributed by atoms with van der Waals surface area (Å²) in [6.07, 6.45) is 1.14. The van der Waals surface area contributed by atoms with Gasteiger partial charge in [-0.3, -0.25) is 0 Å². The summed E-state index contributed by atoms with van der Waals surface area (Å²) >= 11 is 0. The Morgan fingerprint density at radius 1 is 0.893 bits per heavy atom. The highest BCUT2D eigenvalue weighted by Crippen LogP contribution is 2.33. The van der Waals surface area contributed by atoms with Crippen molar-refractivity contribution in [2.45, 2.75) is 0 Å². The van der Waals surface area contributed by atoms with Crippen LogP contribution in [-0.4, -0.2) is 18.2 Å². The normalized spacial score (nSPS) is 11.0. The molecule has 0 aliphatic rings. The number of hydrogen-bond acceptors (Lipinski definition) is 4. The molecule has 0 bridgehead atoms. The molecule has 0 spiro atoms. The monoisotopic (exact) mass is 380 g/mol. The number of rotatable bonds is 7. The molecule has 3 aromatic rings. The predicted octanol–water partition coefficient (Wildman–Crippen LogP) is 5.48. The van der Waals surface area contributed by atoms with Crippen LogP contribution in [-0.2, 0) is 9.53 Å². The molecule has 0 atom stereocenters. The Hall–Kier alpha value is -3.80. The van der Waals surface area contributed by atoms with Crippen molar-refractivity contribution >= 4 is 11.5 Å². The molecule has 5 nitrogen and oxygen atoms in total. The standard InChI is InChI=1S/C22H17FO5/c1-26-14-18(22(24)25)17-9-2-4-11-20(17)27-15-7-6-8-16(13-15)28-21-12-5-3-10-19(21)23/h2-14H,1H3,(H,24,25)/b18-14+. The van der Waals surface area contributed by atoms with Crippen LogP contribution in [0.15, 0.2) is 79.1 Å². The van der Waals surface area contributed by atoms with Gasteiger partial charge >= 0.3 is 5.97 Å². The summed E-state index contributed by atoms with van der Waals surface area (Å²) < 4.78 is 30.1. The van der Waals surface area contributed by atoms with Crippen molar-refractivity contribution in [2.75, 3.05) is 7.11 Å². The minimum absolute atomic E-state index is 0.0446. The van der Waals surface area contributed by atoms with E-state index in [0.717, 1.165) is 6.26 Å². The molecular weight excluding hydrogens is 363 g/mol. The van der Waals surface area contributed by atoms with Crippen LogP contribution >= 0.6 is 0 Å². The fourth-order valence-corrected chi connectivity index (χ4v) is 2.51. The summed E-state index contributed by atoms with van der Waals surface area (Å²) in [6.45, 7) is 0. The van der Waals surface area contributed by atoms with Gasteiger partial charge in [0.25, 0.3) is 0 Å². The van der Waals surface area contributed by atoms with Crippen molar-refractivity contribution < 1.29 is 28.5 Å². The van der Waals surface area contributed by atoms with Crippen molar-refractivity contribution in [2.24, 2.45) is 0 Å². The molecule has 0 saturated heterocycles. The second kappa shape index (κ2) is 8.73. The van der Waals surface area contributed by atoms with Crippen molar-refractivity contribution in [3.8, 4) is 23.0 Å². The van der Waals surface area contributed by atoms with E-state index in [2.05, 4.69) is 0 Å². The Balaban J connectivity index is 1.88. The number of ether oxygens (including phenoxy) is 3. The number of carbonyl (C=O) groups is 1. The molecule has 0 unspecified atom stereocenters. The fraction of sp³-hybridized carbons (Fsp3) is 0.0455. The topological polar surface area (TPSA) is 65.0 Å². The Labute approximate surface area is 161 Å². The maximum Gasteiger partial charge on any atom is 0.339 e. The van der Waals surface area contributed by atoms with Gasteiger partial charge in [0.1, 0.15) is 22.8 Å². The molecule has 0 aliphatic carbocycles. The van der Waals surface area contributed by atoms with E-state index in [4.69, 9.17) is 14.2 Å². The molecule has 142 valence electrons. The van der Waals surface area contributed by atoms with Crippen LogP contribution in [0.25, 0.3) is 5.57 Å². The van der Waals surface area contributed by atoms with Gasteiger partial charge in [0.15, 0.2) is 11.6 Å². The lowest BCUT2D eigenvalue weighted by Gasteiger charge is -2.13. The van der Waals surface area contributed by atoms with Gasteiger partial charge in [0.2, 0.25) is 0 Å². The Morgan fingerprint density at radius 3 is 2.14 bits per heavy atom. The predicted molar refractivity (Wildman–Crippen MR) is 102 cm³/mol. The van der Waals surface area contributed by atoms with Crippen molar-refractivity contribution in [3.63, 3.8) is 0 Å². The molecule has 0 fully saturated rings. The van der Waals surface area contributed by atoms with Crippen LogP contribution in [0.5, 0.6) is 23.0 Å². The van der Waals surface area contributed by atoms with Gasteiger partial charge in [0.05, 0.1) is 13.4 Å². The highest BCUT2D eigenvalue weighted by atomic mass is 19.1. The first-order valence-corrected chi connectivity index (χ1v) is 8.34. The van der Waals surface area contributed by atoms with Gasteiger partial charge in [-0.05, 0) is 30.3 Å². The molecular formula is C22H17FO5. The summed E-state index contributed by atoms with van der Waals surface area (Å²) in [7, 11) is 1.37. The molecule has 1 N–H and O–H groups in total. The van der Waals surface area contributed by atoms with Crippen LogP contribution in [0.1, 0.15) is 5.56 Å². The lowest BCUT2D eigenvalue weighted by molar-refractivity contribution is -0.130. The lowest BCUT2D eigenvalue weighted by Crippen LogP contribution is -2.02. The molecule has 0 aromatic heterocycles. The van der Waals surface area contributed by atoms with Gasteiger partial charge < -0.3 is 19.3 Å². The molecule has 0 radical (unpaired) electrons. The fourth-order valence-electron chi connectivity index (χ4n) is 2.51. The molecule has 3 rings (SSSR count). The van der Waals surface area contributed by atoms with Gasteiger partial charge in [-0.2, -0.15) is 0 Å². The molecule has 3 aromatic carbocycles. The third-order valence-corrected chi connectivity index (χ3v) is 3.74. The third kappa shape index (κ3) is 4.48. The highest BCUT2D eigenvalue weighted by molar-refractivity contribution is 6.15. The summed E-state index contributed by atoms with van der Waals surface area (Å²) in [5.74, 6) is -0.411. The number of aliphatic carboxylic acids is 1. The van der Waals surface area contributed by atoms with E-state index < -0.39 is 11.8 Å². The van der Waals surface area contributed by atoms with Crippen LogP contribution in [0.4, 0.5) is 4.39 Å². The largest absolute Gasteiger partial charge is 0.503 e. The number of methoxy groups -OCH3 is 1. The number of halogens is 1. The van der Waals surface area contributed by atoms with E-state index >= 15 is 0 Å². The molecule has 6 heteroatoms. The van der Waals surface area contributed by atoms with Crippen molar-refractivity contribution in [1.82, 2.24) is 0 Å². The molecule has 0 saturated carbocycles. The molecule has 0 aliphatic heterocycles. The van der Waals surface area contributed by atoms with E-state index in [-0.39, 0.29) is 11.3 Å². The summed E-state index contributed by atoms with van der Waals surface area (Å²) in [6, 6.07) is 19.4. The highest BCUT2D eigenvalue weighted by Gasteiger charge is 2.16. The summed E-state index contributed by atoms with van der Waals surface area (Å²) in [4.78, 5) is 11.5. The minimum atomic E-state index is -1.14. The van der Waals surface area contributed by atoms with Gasteiger partial charge in [-0.15, -0.1) is 0 Å². The number of carboxylic acid groups (broad SMARTS) is 1. The summed E-state index contributed by atoms with van der Waals surface area (Å²) in [5.41, 5.74) is 0.314. The average molecular weight is 380 g/mol. The van der Waals surface area contributed by atoms with E-state index in [1.807, 2.05) is 0 Å². The first kappa shape index (κ1) is 19.0. The maximum atomic E-state index is 13.8. The molecule has 0 amide bonds. The zero-order valence-electron chi connectivity index (χ0n) is 15.0. The average Bonchev–Trinajstić information content (AvgIpc) is 2.69. The zero-order valence-corrected chi connectivity index (χ0v) is 15.0. The number of para-hydroxylation sites is 2. The number of benzene rings is 3. The van der Waals surface area contributed by atoms with Crippen LogP contribution in [0.2, 0.25) is 0 Å². The van der Waals surface area contributed by atoms with Crippen LogP contribution in [0.3, 0.4) is 0 Å². The Bertz CT molecular complexity index is 1010. The second-order valence-electron chi connectivity index (χ2n) is 5.68. The minimum Gasteiger partial charge on any atom is -0.503 e. The SMILES string of the molecule is CO/C=C(/C(=O)O)c1ccccc1Oc1cccc(Oc2ccccc2F)c1. The zero-order chi connectivity index (χ0) is 19.9. The quantitative estimate of drug-likeness (QED) is 0.434. The van der Waals surface area contributed by atoms with Gasteiger partial charge in [0, 0.05) is 11.6 Å². The van der Waals surface area contributed by atoms with Gasteiger partial charge in [-0.25, -0.2) is 9.18 Å². The smallest absolute Gasteiger partial charge is 0.339 e. The lowest BCUT2D eigenvalue weighted by atomic mass is 10.1. The van der Waals surface area contributed by atoms with E-state index in [1.165, 1.54) is 19.2 Å². The molecule has 28 heavy (non-hydrogen) atoms. The van der Waals surface area contributed by atoms with E-state index in [0.29, 0.717) is 22.8 Å². The third-order valence-electron chi connectivity index (χ3n) is 3.74. The second-order valence-corrected chi connectivity index (χ2v) is 5.68. The van der Waals surface area contributed by atoms with Crippen molar-refractivity contribution in [3.05, 3.63) is 90.4 Å². The Morgan fingerprint density at radius 2 is 1.50 bits per heavy atom. The molecule has 0 heterocycles. The van der Waals surface area contributed by atoms with E-state index in [9.17, 15) is 14.3 Å². The first-order chi connectivity index (χ1) is 13.6. The van der Waals surface area contributed by atoms with E-state index in [1.54, 1.807) is 60.7 Å².